The summed E-state index contributed by atoms with van der Waals surface area (Å²) in [5.41, 5.74) is 0.634. The molecule has 0 fully saturated rings. The fraction of sp³-hybridized carbons (Fsp3) is 0.750. The molecule has 1 unspecified atom stereocenters. The highest BCUT2D eigenvalue weighted by atomic mass is 32.2. The summed E-state index contributed by atoms with van der Waals surface area (Å²) in [6.45, 7) is 6.59. The first-order valence-corrected chi connectivity index (χ1v) is 7.97. The molecule has 0 saturated heterocycles. The number of methoxy groups -OCH3 is 1. The van der Waals surface area contributed by atoms with Crippen molar-refractivity contribution in [2.45, 2.75) is 44.4 Å². The average Bonchev–Trinajstić information content (AvgIpc) is 2.84. The highest BCUT2D eigenvalue weighted by molar-refractivity contribution is 7.89. The Hall–Kier alpha value is -0.960. The van der Waals surface area contributed by atoms with E-state index in [2.05, 4.69) is 15.5 Å². The van der Waals surface area contributed by atoms with Crippen molar-refractivity contribution in [3.63, 3.8) is 0 Å². The fourth-order valence-corrected chi connectivity index (χ4v) is 3.14. The molecule has 1 heterocycles. The fourth-order valence-electron chi connectivity index (χ4n) is 1.69. The Balaban J connectivity index is 2.95. The van der Waals surface area contributed by atoms with Crippen molar-refractivity contribution >= 4 is 10.0 Å². The minimum Gasteiger partial charge on any atom is -0.383 e. The molecule has 1 aromatic rings. The zero-order valence-corrected chi connectivity index (χ0v) is 13.5. The largest absolute Gasteiger partial charge is 0.383 e. The van der Waals surface area contributed by atoms with E-state index in [1.165, 1.54) is 10.5 Å². The number of H-pyrrole nitrogens is 1. The van der Waals surface area contributed by atoms with Crippen LogP contribution in [0.1, 0.15) is 26.3 Å². The van der Waals surface area contributed by atoms with E-state index in [1.807, 2.05) is 13.8 Å². The van der Waals surface area contributed by atoms with Crippen molar-refractivity contribution in [3.05, 3.63) is 11.8 Å². The van der Waals surface area contributed by atoms with Crippen molar-refractivity contribution in [3.8, 4) is 0 Å². The van der Waals surface area contributed by atoms with Gasteiger partial charge in [-0.25, -0.2) is 8.42 Å². The normalized spacial score (nSPS) is 14.2. The second-order valence-corrected chi connectivity index (χ2v) is 7.02. The summed E-state index contributed by atoms with van der Waals surface area (Å²) in [6.07, 6.45) is 1.54. The van der Waals surface area contributed by atoms with E-state index in [4.69, 9.17) is 4.74 Å². The minimum absolute atomic E-state index is 0.135. The molecule has 0 amide bonds. The number of hydrogen-bond acceptors (Lipinski definition) is 5. The van der Waals surface area contributed by atoms with E-state index in [1.54, 1.807) is 21.1 Å². The van der Waals surface area contributed by atoms with E-state index in [0.717, 1.165) is 0 Å². The van der Waals surface area contributed by atoms with E-state index >= 15 is 0 Å². The maximum absolute atomic E-state index is 12.5. The number of aromatic nitrogens is 2. The third-order valence-corrected chi connectivity index (χ3v) is 5.03. The molecule has 8 heteroatoms. The molecule has 116 valence electrons. The van der Waals surface area contributed by atoms with E-state index in [9.17, 15) is 8.42 Å². The molecular formula is C12H24N4O3S. The Kier molecular flexibility index (Phi) is 6.12. The van der Waals surface area contributed by atoms with E-state index < -0.39 is 10.0 Å². The van der Waals surface area contributed by atoms with Gasteiger partial charge in [0.2, 0.25) is 0 Å². The van der Waals surface area contributed by atoms with Crippen LogP contribution in [0.3, 0.4) is 0 Å². The maximum atomic E-state index is 12.5. The van der Waals surface area contributed by atoms with Crippen molar-refractivity contribution < 1.29 is 13.2 Å². The standard InChI is InChI=1S/C12H24N4O3S/c1-9(2)13-6-11-7-14-15-12(11)20(17,18)16(4)10(3)8-19-5/h7,9-10,13H,6,8H2,1-5H3,(H,14,15). The van der Waals surface area contributed by atoms with Crippen molar-refractivity contribution in [1.82, 2.24) is 19.8 Å². The lowest BCUT2D eigenvalue weighted by Crippen LogP contribution is -2.38. The van der Waals surface area contributed by atoms with Crippen molar-refractivity contribution in [2.75, 3.05) is 20.8 Å². The molecular weight excluding hydrogens is 280 g/mol. The molecule has 20 heavy (non-hydrogen) atoms. The first kappa shape index (κ1) is 17.1. The van der Waals surface area contributed by atoms with Gasteiger partial charge in [-0.05, 0) is 6.92 Å². The summed E-state index contributed by atoms with van der Waals surface area (Å²) in [5, 5.41) is 9.76. The Morgan fingerprint density at radius 3 is 2.65 bits per heavy atom. The third kappa shape index (κ3) is 4.02. The van der Waals surface area contributed by atoms with Crippen LogP contribution in [0.25, 0.3) is 0 Å². The van der Waals surface area contributed by atoms with Gasteiger partial charge in [-0.3, -0.25) is 5.10 Å². The van der Waals surface area contributed by atoms with Crippen LogP contribution in [0.2, 0.25) is 0 Å². The molecule has 1 rings (SSSR count). The van der Waals surface area contributed by atoms with Crippen LogP contribution in [0.15, 0.2) is 11.2 Å². The Morgan fingerprint density at radius 1 is 1.45 bits per heavy atom. The number of rotatable bonds is 8. The topological polar surface area (TPSA) is 87.3 Å². The van der Waals surface area contributed by atoms with Crippen LogP contribution in [-0.2, 0) is 21.3 Å². The van der Waals surface area contributed by atoms with Gasteiger partial charge in [-0.2, -0.15) is 9.40 Å². The van der Waals surface area contributed by atoms with Crippen molar-refractivity contribution in [1.29, 1.82) is 0 Å². The Bertz CT molecular complexity index is 513. The lowest BCUT2D eigenvalue weighted by molar-refractivity contribution is 0.149. The van der Waals surface area contributed by atoms with Gasteiger partial charge in [-0.15, -0.1) is 0 Å². The zero-order chi connectivity index (χ0) is 15.3. The quantitative estimate of drug-likeness (QED) is 0.733. The molecule has 1 aromatic heterocycles. The summed E-state index contributed by atoms with van der Waals surface area (Å²) in [7, 11) is -0.512. The summed E-state index contributed by atoms with van der Waals surface area (Å²) in [5.74, 6) is 0. The number of sulfonamides is 1. The van der Waals surface area contributed by atoms with Crippen LogP contribution in [0.5, 0.6) is 0 Å². The first-order chi connectivity index (χ1) is 9.30. The molecule has 1 atom stereocenters. The number of hydrogen-bond donors (Lipinski definition) is 2. The summed E-state index contributed by atoms with van der Waals surface area (Å²) >= 11 is 0. The van der Waals surface area contributed by atoms with Gasteiger partial charge < -0.3 is 10.1 Å². The number of nitrogens with zero attached hydrogens (tertiary/aromatic N) is 2. The van der Waals surface area contributed by atoms with Gasteiger partial charge in [-0.1, -0.05) is 13.8 Å². The number of ether oxygens (including phenoxy) is 1. The zero-order valence-electron chi connectivity index (χ0n) is 12.7. The minimum atomic E-state index is -3.60. The summed E-state index contributed by atoms with van der Waals surface area (Å²) in [4.78, 5) is 0. The highest BCUT2D eigenvalue weighted by Crippen LogP contribution is 2.18. The molecule has 0 radical (unpaired) electrons. The SMILES string of the molecule is COCC(C)N(C)S(=O)(=O)c1[nH]ncc1CNC(C)C. The summed E-state index contributed by atoms with van der Waals surface area (Å²) < 4.78 is 31.4. The van der Waals surface area contributed by atoms with Crippen LogP contribution in [0.4, 0.5) is 0 Å². The lowest BCUT2D eigenvalue weighted by Gasteiger charge is -2.23. The van der Waals surface area contributed by atoms with Gasteiger partial charge in [0.15, 0.2) is 5.03 Å². The van der Waals surface area contributed by atoms with Crippen molar-refractivity contribution in [2.24, 2.45) is 0 Å². The van der Waals surface area contributed by atoms with Gasteiger partial charge >= 0.3 is 0 Å². The molecule has 2 N–H and O–H groups in total. The second-order valence-electron chi connectivity index (χ2n) is 5.09. The average molecular weight is 304 g/mol. The second kappa shape index (κ2) is 7.16. The predicted octanol–water partition coefficient (Wildman–Crippen LogP) is 0.563. The lowest BCUT2D eigenvalue weighted by atomic mass is 10.3. The monoisotopic (exact) mass is 304 g/mol. The van der Waals surface area contributed by atoms with Crippen LogP contribution in [0, 0.1) is 0 Å². The van der Waals surface area contributed by atoms with E-state index in [0.29, 0.717) is 18.7 Å². The predicted molar refractivity (Wildman–Crippen MR) is 76.9 cm³/mol. The Morgan fingerprint density at radius 2 is 2.10 bits per heavy atom. The first-order valence-electron chi connectivity index (χ1n) is 6.53. The molecule has 0 spiro atoms. The van der Waals surface area contributed by atoms with Crippen LogP contribution in [-0.4, -0.2) is 55.8 Å². The molecule has 0 saturated carbocycles. The highest BCUT2D eigenvalue weighted by Gasteiger charge is 2.29. The van der Waals surface area contributed by atoms with Gasteiger partial charge in [0.25, 0.3) is 10.0 Å². The van der Waals surface area contributed by atoms with E-state index in [-0.39, 0.29) is 17.1 Å². The Labute approximate surface area is 120 Å². The molecule has 0 aliphatic carbocycles. The number of likely N-dealkylation sites (N-methyl/N-ethyl adjacent to an activating group) is 1. The van der Waals surface area contributed by atoms with Gasteiger partial charge in [0, 0.05) is 38.3 Å². The summed E-state index contributed by atoms with van der Waals surface area (Å²) in [6, 6.07) is 0.0183. The molecule has 0 bridgehead atoms. The van der Waals surface area contributed by atoms with Crippen LogP contribution < -0.4 is 5.32 Å². The number of aromatic amines is 1. The number of nitrogens with one attached hydrogen (secondary N) is 2. The van der Waals surface area contributed by atoms with Crippen LogP contribution >= 0.6 is 0 Å². The molecule has 0 aromatic carbocycles. The smallest absolute Gasteiger partial charge is 0.260 e. The molecule has 0 aliphatic heterocycles. The van der Waals surface area contributed by atoms with Gasteiger partial charge in [0.1, 0.15) is 0 Å². The van der Waals surface area contributed by atoms with Gasteiger partial charge in [0.05, 0.1) is 12.8 Å². The maximum Gasteiger partial charge on any atom is 0.260 e. The molecule has 0 aliphatic rings. The third-order valence-electron chi connectivity index (χ3n) is 3.04. The molecule has 7 nitrogen and oxygen atoms in total.